The largest absolute Gasteiger partial charge is 0.365 e. The third kappa shape index (κ3) is 2.63. The summed E-state index contributed by atoms with van der Waals surface area (Å²) in [5.41, 5.74) is 4.75. The summed E-state index contributed by atoms with van der Waals surface area (Å²) in [6, 6.07) is 0. The average Bonchev–Trinajstić information content (AvgIpc) is 1.81. The van der Waals surface area contributed by atoms with Gasteiger partial charge in [-0.2, -0.15) is 8.42 Å². The highest BCUT2D eigenvalue weighted by Crippen LogP contribution is 1.88. The van der Waals surface area contributed by atoms with Crippen molar-refractivity contribution in [1.82, 2.24) is 0 Å². The second-order valence-corrected chi connectivity index (χ2v) is 2.73. The molecule has 0 aliphatic carbocycles. The Morgan fingerprint density at radius 3 is 2.10 bits per heavy atom. The van der Waals surface area contributed by atoms with E-state index in [-0.39, 0.29) is 11.3 Å². The van der Waals surface area contributed by atoms with Crippen molar-refractivity contribution in [2.45, 2.75) is 19.8 Å². The molecule has 0 aromatic heterocycles. The van der Waals surface area contributed by atoms with Crippen molar-refractivity contribution in [3.63, 3.8) is 0 Å². The molecule has 0 aromatic carbocycles. The standard InChI is InChI=1S/C5H9NO3S/c1-2-3-4(5(6)7)10(8)9/h2-3H2,1H3,(H2,6,7). The van der Waals surface area contributed by atoms with Gasteiger partial charge in [0, 0.05) is 0 Å². The number of carbonyl (C=O) groups is 1. The van der Waals surface area contributed by atoms with Crippen LogP contribution in [-0.2, 0) is 15.1 Å². The van der Waals surface area contributed by atoms with E-state index in [2.05, 4.69) is 0 Å². The van der Waals surface area contributed by atoms with Crippen LogP contribution in [0.2, 0.25) is 0 Å². The molecule has 0 saturated carbocycles. The van der Waals surface area contributed by atoms with Crippen LogP contribution in [0, 0.1) is 0 Å². The van der Waals surface area contributed by atoms with E-state index >= 15 is 0 Å². The Labute approximate surface area is 60.6 Å². The molecule has 0 aliphatic rings. The first-order valence-electron chi connectivity index (χ1n) is 2.84. The van der Waals surface area contributed by atoms with Gasteiger partial charge in [0.1, 0.15) is 4.86 Å². The Bertz CT molecular complexity index is 244. The summed E-state index contributed by atoms with van der Waals surface area (Å²) >= 11 is 0. The Kier molecular flexibility index (Phi) is 3.71. The van der Waals surface area contributed by atoms with E-state index < -0.39 is 16.2 Å². The zero-order chi connectivity index (χ0) is 8.15. The van der Waals surface area contributed by atoms with E-state index in [1.807, 2.05) is 0 Å². The van der Waals surface area contributed by atoms with Gasteiger partial charge in [-0.25, -0.2) is 0 Å². The van der Waals surface area contributed by atoms with Crippen LogP contribution in [0.25, 0.3) is 0 Å². The molecule has 58 valence electrons. The fourth-order valence-corrected chi connectivity index (χ4v) is 1.05. The van der Waals surface area contributed by atoms with Crippen LogP contribution in [0.5, 0.6) is 0 Å². The van der Waals surface area contributed by atoms with E-state index in [9.17, 15) is 13.2 Å². The smallest absolute Gasteiger partial charge is 0.260 e. The fourth-order valence-electron chi connectivity index (χ4n) is 0.516. The maximum Gasteiger partial charge on any atom is 0.260 e. The SMILES string of the molecule is CCCC(C(N)=O)=S(=O)=O. The molecule has 0 heterocycles. The highest BCUT2D eigenvalue weighted by atomic mass is 32.2. The average molecular weight is 163 g/mol. The number of hydrogen-bond donors (Lipinski definition) is 1. The van der Waals surface area contributed by atoms with E-state index in [4.69, 9.17) is 5.73 Å². The second kappa shape index (κ2) is 4.05. The first kappa shape index (κ1) is 9.16. The van der Waals surface area contributed by atoms with Crippen LogP contribution in [-0.4, -0.2) is 19.2 Å². The molecular weight excluding hydrogens is 154 g/mol. The minimum atomic E-state index is -2.44. The molecule has 0 saturated heterocycles. The minimum absolute atomic E-state index is 0.220. The molecule has 1 amide bonds. The molecule has 10 heavy (non-hydrogen) atoms. The van der Waals surface area contributed by atoms with Gasteiger partial charge < -0.3 is 5.73 Å². The van der Waals surface area contributed by atoms with Crippen molar-refractivity contribution in [2.24, 2.45) is 5.73 Å². The van der Waals surface area contributed by atoms with Crippen molar-refractivity contribution < 1.29 is 13.2 Å². The lowest BCUT2D eigenvalue weighted by atomic mass is 10.2. The van der Waals surface area contributed by atoms with Crippen LogP contribution in [0.4, 0.5) is 0 Å². The lowest BCUT2D eigenvalue weighted by molar-refractivity contribution is -0.111. The van der Waals surface area contributed by atoms with Gasteiger partial charge in [-0.15, -0.1) is 0 Å². The molecule has 0 fully saturated rings. The van der Waals surface area contributed by atoms with Gasteiger partial charge in [-0.1, -0.05) is 13.3 Å². The van der Waals surface area contributed by atoms with Crippen LogP contribution < -0.4 is 5.73 Å². The van der Waals surface area contributed by atoms with Gasteiger partial charge in [0.25, 0.3) is 5.91 Å². The number of amides is 1. The van der Waals surface area contributed by atoms with Gasteiger partial charge in [-0.3, -0.25) is 4.79 Å². The number of carbonyl (C=O) groups excluding carboxylic acids is 1. The van der Waals surface area contributed by atoms with Crippen LogP contribution in [0.15, 0.2) is 0 Å². The van der Waals surface area contributed by atoms with Crippen molar-refractivity contribution >= 4 is 21.1 Å². The normalized spacial score (nSPS) is 8.90. The van der Waals surface area contributed by atoms with Crippen molar-refractivity contribution in [3.8, 4) is 0 Å². The third-order valence-corrected chi connectivity index (χ3v) is 1.76. The summed E-state index contributed by atoms with van der Waals surface area (Å²) in [5, 5.41) is 0. The summed E-state index contributed by atoms with van der Waals surface area (Å²) < 4.78 is 20.4. The molecule has 0 aliphatic heterocycles. The molecule has 0 radical (unpaired) electrons. The molecule has 0 spiro atoms. The third-order valence-electron chi connectivity index (χ3n) is 0.953. The molecule has 0 atom stereocenters. The van der Waals surface area contributed by atoms with Crippen molar-refractivity contribution in [1.29, 1.82) is 0 Å². The minimum Gasteiger partial charge on any atom is -0.365 e. The number of hydrogen-bond acceptors (Lipinski definition) is 3. The first-order chi connectivity index (χ1) is 4.59. The van der Waals surface area contributed by atoms with Crippen LogP contribution in [0.1, 0.15) is 19.8 Å². The maximum absolute atomic E-state index is 10.3. The Morgan fingerprint density at radius 2 is 2.00 bits per heavy atom. The molecule has 2 N–H and O–H groups in total. The van der Waals surface area contributed by atoms with E-state index in [1.54, 1.807) is 6.92 Å². The topological polar surface area (TPSA) is 77.2 Å². The lowest BCUT2D eigenvalue weighted by Gasteiger charge is -1.90. The van der Waals surface area contributed by atoms with Gasteiger partial charge in [0.2, 0.25) is 10.3 Å². The van der Waals surface area contributed by atoms with Crippen molar-refractivity contribution in [3.05, 3.63) is 0 Å². The molecule has 0 bridgehead atoms. The van der Waals surface area contributed by atoms with E-state index in [0.717, 1.165) is 0 Å². The lowest BCUT2D eigenvalue weighted by Crippen LogP contribution is -2.23. The van der Waals surface area contributed by atoms with Crippen molar-refractivity contribution in [2.75, 3.05) is 0 Å². The molecule has 5 heteroatoms. The molecule has 0 aromatic rings. The first-order valence-corrected chi connectivity index (χ1v) is 3.92. The molecular formula is C5H9NO3S. The molecule has 0 unspecified atom stereocenters. The van der Waals surface area contributed by atoms with Gasteiger partial charge in [0.15, 0.2) is 0 Å². The fraction of sp³-hybridized carbons (Fsp3) is 0.600. The summed E-state index contributed by atoms with van der Waals surface area (Å²) in [6.07, 6.45) is 0.831. The van der Waals surface area contributed by atoms with Gasteiger partial charge >= 0.3 is 0 Å². The zero-order valence-electron chi connectivity index (χ0n) is 5.62. The highest BCUT2D eigenvalue weighted by Gasteiger charge is 2.06. The summed E-state index contributed by atoms with van der Waals surface area (Å²) in [7, 11) is -2.44. The number of nitrogens with two attached hydrogens (primary N) is 1. The van der Waals surface area contributed by atoms with E-state index in [0.29, 0.717) is 6.42 Å². The summed E-state index contributed by atoms with van der Waals surface area (Å²) in [6.45, 7) is 1.77. The van der Waals surface area contributed by atoms with E-state index in [1.165, 1.54) is 0 Å². The molecule has 4 nitrogen and oxygen atoms in total. The Hall–Kier alpha value is -0.840. The predicted molar refractivity (Wildman–Crippen MR) is 38.0 cm³/mol. The van der Waals surface area contributed by atoms with Crippen LogP contribution in [0.3, 0.4) is 0 Å². The predicted octanol–water partition coefficient (Wildman–Crippen LogP) is -0.677. The Morgan fingerprint density at radius 1 is 1.50 bits per heavy atom. The number of primary amides is 1. The number of rotatable bonds is 3. The maximum atomic E-state index is 10.3. The summed E-state index contributed by atoms with van der Waals surface area (Å²) in [5.74, 6) is -0.852. The monoisotopic (exact) mass is 163 g/mol. The van der Waals surface area contributed by atoms with Crippen LogP contribution >= 0.6 is 0 Å². The quantitative estimate of drug-likeness (QED) is 0.560. The Balaban J connectivity index is 4.63. The zero-order valence-corrected chi connectivity index (χ0v) is 6.44. The summed E-state index contributed by atoms with van der Waals surface area (Å²) in [4.78, 5) is 10.1. The van der Waals surface area contributed by atoms with Gasteiger partial charge in [-0.05, 0) is 6.42 Å². The van der Waals surface area contributed by atoms with Gasteiger partial charge in [0.05, 0.1) is 0 Å². The second-order valence-electron chi connectivity index (χ2n) is 1.77. The highest BCUT2D eigenvalue weighted by molar-refractivity contribution is 7.74. The molecule has 0 rings (SSSR count).